The molecule has 0 atom stereocenters. The summed E-state index contributed by atoms with van der Waals surface area (Å²) in [6.45, 7) is 6.56. The largest absolute Gasteiger partial charge is 0.234 e. The molecule has 0 radical (unpaired) electrons. The Morgan fingerprint density at radius 1 is 1.12 bits per heavy atom. The normalized spacial score (nSPS) is 11.8. The number of nitrogens with zero attached hydrogens (tertiary/aromatic N) is 4. The summed E-state index contributed by atoms with van der Waals surface area (Å²) in [5.74, 6) is 1.57. The van der Waals surface area contributed by atoms with Crippen molar-refractivity contribution in [1.82, 2.24) is 19.8 Å². The molecule has 0 spiro atoms. The first-order valence-corrected chi connectivity index (χ1v) is 7.32. The van der Waals surface area contributed by atoms with E-state index in [1.807, 2.05) is 4.52 Å². The monoisotopic (exact) mass is 252 g/mol. The third-order valence-corrected chi connectivity index (χ3v) is 4.07. The second kappa shape index (κ2) is 5.58. The molecule has 0 N–H and O–H groups in total. The fourth-order valence-corrected chi connectivity index (χ4v) is 3.17. The molecular formula is C12H20N4S. The summed E-state index contributed by atoms with van der Waals surface area (Å²) in [6.07, 6.45) is 5.76. The number of aryl methyl sites for hydroxylation is 1. The lowest BCUT2D eigenvalue weighted by Gasteiger charge is -2.10. The van der Waals surface area contributed by atoms with E-state index >= 15 is 0 Å². The first kappa shape index (κ1) is 12.5. The molecule has 0 amide bonds. The Morgan fingerprint density at radius 3 is 2.41 bits per heavy atom. The van der Waals surface area contributed by atoms with Gasteiger partial charge in [0.1, 0.15) is 5.01 Å². The summed E-state index contributed by atoms with van der Waals surface area (Å²) in [5.41, 5.74) is 0. The minimum absolute atomic E-state index is 0.599. The molecule has 5 heteroatoms. The first-order chi connectivity index (χ1) is 8.30. The van der Waals surface area contributed by atoms with E-state index in [9.17, 15) is 0 Å². The summed E-state index contributed by atoms with van der Waals surface area (Å²) in [6, 6.07) is 0. The highest BCUT2D eigenvalue weighted by atomic mass is 32.1. The van der Waals surface area contributed by atoms with Gasteiger partial charge in [0, 0.05) is 12.3 Å². The Morgan fingerprint density at radius 2 is 1.82 bits per heavy atom. The van der Waals surface area contributed by atoms with Gasteiger partial charge in [0.15, 0.2) is 5.82 Å². The molecule has 2 aromatic heterocycles. The van der Waals surface area contributed by atoms with Gasteiger partial charge in [-0.25, -0.2) is 0 Å². The zero-order chi connectivity index (χ0) is 12.3. The van der Waals surface area contributed by atoms with Crippen LogP contribution in [0.15, 0.2) is 0 Å². The zero-order valence-electron chi connectivity index (χ0n) is 10.8. The van der Waals surface area contributed by atoms with E-state index < -0.39 is 0 Å². The van der Waals surface area contributed by atoms with Gasteiger partial charge in [-0.15, -0.1) is 10.2 Å². The fourth-order valence-electron chi connectivity index (χ4n) is 2.15. The molecule has 0 saturated heterocycles. The molecule has 0 fully saturated rings. The van der Waals surface area contributed by atoms with E-state index in [-0.39, 0.29) is 0 Å². The van der Waals surface area contributed by atoms with Crippen LogP contribution in [0.1, 0.15) is 63.2 Å². The predicted octanol–water partition coefficient (Wildman–Crippen LogP) is 3.43. The van der Waals surface area contributed by atoms with Gasteiger partial charge in [0.05, 0.1) is 0 Å². The quantitative estimate of drug-likeness (QED) is 0.791. The van der Waals surface area contributed by atoms with Gasteiger partial charge in [0.25, 0.3) is 0 Å². The molecule has 17 heavy (non-hydrogen) atoms. The van der Waals surface area contributed by atoms with Crippen LogP contribution in [0, 0.1) is 0 Å². The molecule has 0 saturated carbocycles. The average molecular weight is 252 g/mol. The minimum atomic E-state index is 0.599. The summed E-state index contributed by atoms with van der Waals surface area (Å²) >= 11 is 1.70. The maximum absolute atomic E-state index is 4.69. The van der Waals surface area contributed by atoms with E-state index in [2.05, 4.69) is 31.0 Å². The SMILES string of the molecule is CCCC(CCC)c1nn2c(CC)nnc2s1. The summed E-state index contributed by atoms with van der Waals surface area (Å²) in [7, 11) is 0. The van der Waals surface area contributed by atoms with Crippen molar-refractivity contribution in [2.45, 2.75) is 58.8 Å². The van der Waals surface area contributed by atoms with Crippen molar-refractivity contribution in [3.8, 4) is 0 Å². The third kappa shape index (κ3) is 2.49. The second-order valence-electron chi connectivity index (χ2n) is 4.38. The van der Waals surface area contributed by atoms with E-state index in [0.29, 0.717) is 5.92 Å². The maximum Gasteiger partial charge on any atom is 0.234 e. The number of hydrogen-bond donors (Lipinski definition) is 0. The van der Waals surface area contributed by atoms with Gasteiger partial charge in [-0.1, -0.05) is 44.9 Å². The number of rotatable bonds is 6. The Balaban J connectivity index is 2.30. The third-order valence-electron chi connectivity index (χ3n) is 3.01. The highest BCUT2D eigenvalue weighted by molar-refractivity contribution is 7.16. The van der Waals surface area contributed by atoms with Crippen LogP contribution in [0.4, 0.5) is 0 Å². The Bertz CT molecular complexity index is 468. The highest BCUT2D eigenvalue weighted by Crippen LogP contribution is 2.29. The van der Waals surface area contributed by atoms with Crippen molar-refractivity contribution in [2.24, 2.45) is 0 Å². The van der Waals surface area contributed by atoms with Crippen molar-refractivity contribution in [2.75, 3.05) is 0 Å². The molecule has 0 unspecified atom stereocenters. The minimum Gasteiger partial charge on any atom is -0.187 e. The van der Waals surface area contributed by atoms with E-state index in [1.54, 1.807) is 11.3 Å². The second-order valence-corrected chi connectivity index (χ2v) is 5.37. The lowest BCUT2D eigenvalue weighted by atomic mass is 9.99. The van der Waals surface area contributed by atoms with Crippen molar-refractivity contribution in [3.05, 3.63) is 10.8 Å². The van der Waals surface area contributed by atoms with Gasteiger partial charge in [-0.2, -0.15) is 9.61 Å². The maximum atomic E-state index is 4.69. The molecule has 0 aliphatic rings. The smallest absolute Gasteiger partial charge is 0.187 e. The van der Waals surface area contributed by atoms with E-state index in [0.717, 1.165) is 17.2 Å². The first-order valence-electron chi connectivity index (χ1n) is 6.51. The Hall–Kier alpha value is -0.970. The van der Waals surface area contributed by atoms with Crippen LogP contribution in [0.3, 0.4) is 0 Å². The number of hydrogen-bond acceptors (Lipinski definition) is 4. The van der Waals surface area contributed by atoms with Crippen molar-refractivity contribution in [3.63, 3.8) is 0 Å². The topological polar surface area (TPSA) is 43.1 Å². The Labute approximate surface area is 106 Å². The molecule has 0 aliphatic heterocycles. The molecule has 0 aliphatic carbocycles. The van der Waals surface area contributed by atoms with Gasteiger partial charge in [0.2, 0.25) is 4.96 Å². The van der Waals surface area contributed by atoms with E-state index in [4.69, 9.17) is 5.10 Å². The summed E-state index contributed by atoms with van der Waals surface area (Å²) in [4.78, 5) is 0.939. The van der Waals surface area contributed by atoms with Crippen LogP contribution in [-0.2, 0) is 6.42 Å². The van der Waals surface area contributed by atoms with Crippen LogP contribution in [0.25, 0.3) is 4.96 Å². The van der Waals surface area contributed by atoms with Crippen LogP contribution in [-0.4, -0.2) is 19.8 Å². The zero-order valence-corrected chi connectivity index (χ0v) is 11.6. The fraction of sp³-hybridized carbons (Fsp3) is 0.750. The summed E-state index contributed by atoms with van der Waals surface area (Å²) < 4.78 is 1.92. The molecule has 4 nitrogen and oxygen atoms in total. The van der Waals surface area contributed by atoms with Crippen LogP contribution in [0.2, 0.25) is 0 Å². The molecule has 0 aromatic carbocycles. The molecule has 2 rings (SSSR count). The van der Waals surface area contributed by atoms with E-state index in [1.165, 1.54) is 30.7 Å². The van der Waals surface area contributed by atoms with Crippen molar-refractivity contribution in [1.29, 1.82) is 0 Å². The van der Waals surface area contributed by atoms with Crippen molar-refractivity contribution < 1.29 is 0 Å². The highest BCUT2D eigenvalue weighted by Gasteiger charge is 2.17. The molecule has 2 aromatic rings. The van der Waals surface area contributed by atoms with Gasteiger partial charge in [-0.05, 0) is 12.8 Å². The Kier molecular flexibility index (Phi) is 4.10. The van der Waals surface area contributed by atoms with Crippen LogP contribution >= 0.6 is 11.3 Å². The molecule has 94 valence electrons. The average Bonchev–Trinajstić information content (AvgIpc) is 2.87. The number of aromatic nitrogens is 4. The molecule has 2 heterocycles. The lowest BCUT2D eigenvalue weighted by molar-refractivity contribution is 0.550. The molecular weight excluding hydrogens is 232 g/mol. The standard InChI is InChI=1S/C12H20N4S/c1-4-7-9(8-5-2)11-15-16-10(6-3)13-14-12(16)17-11/h9H,4-8H2,1-3H3. The number of fused-ring (bicyclic) bond motifs is 1. The summed E-state index contributed by atoms with van der Waals surface area (Å²) in [5, 5.41) is 14.2. The van der Waals surface area contributed by atoms with Crippen LogP contribution < -0.4 is 0 Å². The predicted molar refractivity (Wildman–Crippen MR) is 70.6 cm³/mol. The van der Waals surface area contributed by atoms with Gasteiger partial charge >= 0.3 is 0 Å². The van der Waals surface area contributed by atoms with Gasteiger partial charge < -0.3 is 0 Å². The molecule has 0 bridgehead atoms. The van der Waals surface area contributed by atoms with Crippen molar-refractivity contribution >= 4 is 16.3 Å². The van der Waals surface area contributed by atoms with Crippen LogP contribution in [0.5, 0.6) is 0 Å². The lowest BCUT2D eigenvalue weighted by Crippen LogP contribution is -2.00. The van der Waals surface area contributed by atoms with Gasteiger partial charge in [-0.3, -0.25) is 0 Å².